The average Bonchev–Trinajstić information content (AvgIpc) is 3.83. The van der Waals surface area contributed by atoms with E-state index in [4.69, 9.17) is 34.6 Å². The molecule has 8 nitrogen and oxygen atoms in total. The fourth-order valence-electron chi connectivity index (χ4n) is 11.0. The van der Waals surface area contributed by atoms with E-state index in [9.17, 15) is 0 Å². The van der Waals surface area contributed by atoms with Crippen LogP contribution in [-0.4, -0.2) is 41.2 Å². The second kappa shape index (κ2) is 17.3. The highest BCUT2D eigenvalue weighted by Crippen LogP contribution is 2.43. The molecule has 3 aromatic heterocycles. The molecule has 0 unspecified atom stereocenters. The minimum Gasteiger partial charge on any atom is -0.458 e. The molecule has 0 saturated heterocycles. The van der Waals surface area contributed by atoms with E-state index in [2.05, 4.69) is 150 Å². The first-order chi connectivity index (χ1) is 37.1. The van der Waals surface area contributed by atoms with Crippen molar-refractivity contribution in [2.24, 2.45) is 0 Å². The molecule has 0 radical (unpaired) electrons. The summed E-state index contributed by atoms with van der Waals surface area (Å²) < 4.78 is 9.57. The van der Waals surface area contributed by atoms with Gasteiger partial charge in [-0.3, -0.25) is 0 Å². The summed E-state index contributed by atoms with van der Waals surface area (Å²) in [6, 6.07) is 84.1. The van der Waals surface area contributed by atoms with Crippen molar-refractivity contribution in [1.29, 1.82) is 0 Å². The van der Waals surface area contributed by atoms with Gasteiger partial charge in [-0.1, -0.05) is 200 Å². The molecule has 15 rings (SSSR count). The van der Waals surface area contributed by atoms with Crippen LogP contribution in [0.5, 0.6) is 11.5 Å². The third-order valence-electron chi connectivity index (χ3n) is 14.5. The van der Waals surface area contributed by atoms with Crippen LogP contribution in [0.3, 0.4) is 0 Å². The number of hydrogen-bond donors (Lipinski definition) is 0. The van der Waals surface area contributed by atoms with E-state index in [1.165, 1.54) is 0 Å². The molecule has 9 heteroatoms. The standard InChI is InChI=1S/C66H40BN7O/c1-7-19-41(20-8-1)47-32-34-57-53(37-47)67-54-38-50(66-72-63(45-27-15-5-16-28-45)69-64(73-66)46-29-17-6-18-30-46)36-52-51-35-48(65-70-61(43-23-11-3-12-24-43)68-62(71-65)44-25-13-4-14-26-44)31-33-55(51)74(60(52)54)56-39-49(40-58(75-57)59(56)67)42-21-9-2-10-22-42/h1-40H. The fraction of sp³-hybridized carbons (Fsp3) is 0. The lowest BCUT2D eigenvalue weighted by Crippen LogP contribution is -2.58. The van der Waals surface area contributed by atoms with E-state index in [-0.39, 0.29) is 6.71 Å². The van der Waals surface area contributed by atoms with Gasteiger partial charge in [0, 0.05) is 55.4 Å². The summed E-state index contributed by atoms with van der Waals surface area (Å²) in [6.07, 6.45) is 0. The van der Waals surface area contributed by atoms with E-state index in [1.54, 1.807) is 0 Å². The van der Waals surface area contributed by atoms with Crippen LogP contribution >= 0.6 is 0 Å². The Hall–Kier alpha value is -10.1. The van der Waals surface area contributed by atoms with Crippen molar-refractivity contribution < 1.29 is 4.74 Å². The van der Waals surface area contributed by atoms with E-state index < -0.39 is 0 Å². The third-order valence-corrected chi connectivity index (χ3v) is 14.5. The van der Waals surface area contributed by atoms with E-state index in [0.717, 1.165) is 111 Å². The normalized spacial score (nSPS) is 12.1. The topological polar surface area (TPSA) is 91.5 Å². The number of aromatic nitrogens is 7. The van der Waals surface area contributed by atoms with Gasteiger partial charge in [0.15, 0.2) is 34.9 Å². The average molecular weight is 958 g/mol. The quantitative estimate of drug-likeness (QED) is 0.140. The minimum atomic E-state index is -0.222. The molecule has 0 N–H and O–H groups in total. The maximum absolute atomic E-state index is 7.12. The molecule has 0 bridgehead atoms. The lowest BCUT2D eigenvalue weighted by molar-refractivity contribution is 0.487. The Bertz CT molecular complexity index is 4250. The Morgan fingerprint density at radius 1 is 0.293 bits per heavy atom. The highest BCUT2D eigenvalue weighted by Gasteiger charge is 2.41. The first-order valence-electron chi connectivity index (χ1n) is 25.1. The van der Waals surface area contributed by atoms with Crippen LogP contribution in [0.25, 0.3) is 118 Å². The Morgan fingerprint density at radius 3 is 1.21 bits per heavy atom. The molecule has 5 heterocycles. The lowest BCUT2D eigenvalue weighted by Gasteiger charge is -2.34. The van der Waals surface area contributed by atoms with Gasteiger partial charge in [-0.15, -0.1) is 0 Å². The molecular formula is C66H40BN7O. The van der Waals surface area contributed by atoms with Gasteiger partial charge in [0.1, 0.15) is 11.5 Å². The Balaban J connectivity index is 1.04. The summed E-state index contributed by atoms with van der Waals surface area (Å²) in [4.78, 5) is 31.2. The third kappa shape index (κ3) is 7.24. The van der Waals surface area contributed by atoms with E-state index >= 15 is 0 Å². The number of nitrogens with zero attached hydrogens (tertiary/aromatic N) is 7. The van der Waals surface area contributed by atoms with Gasteiger partial charge >= 0.3 is 0 Å². The summed E-state index contributed by atoms with van der Waals surface area (Å²) in [5.74, 6) is 5.21. The van der Waals surface area contributed by atoms with Gasteiger partial charge in [0.05, 0.1) is 5.52 Å². The highest BCUT2D eigenvalue weighted by molar-refractivity contribution is 6.99. The van der Waals surface area contributed by atoms with Gasteiger partial charge in [-0.2, -0.15) is 0 Å². The summed E-state index contributed by atoms with van der Waals surface area (Å²) in [7, 11) is 0. The molecule has 2 aliphatic rings. The Morgan fingerprint density at radius 2 is 0.707 bits per heavy atom. The molecule has 13 aromatic rings. The lowest BCUT2D eigenvalue weighted by atomic mass is 9.34. The van der Waals surface area contributed by atoms with E-state index in [1.807, 2.05) is 97.1 Å². The molecule has 0 saturated carbocycles. The summed E-state index contributed by atoms with van der Waals surface area (Å²) >= 11 is 0. The summed E-state index contributed by atoms with van der Waals surface area (Å²) in [5.41, 5.74) is 16.3. The largest absolute Gasteiger partial charge is 0.458 e. The fourth-order valence-corrected chi connectivity index (χ4v) is 11.0. The maximum Gasteiger partial charge on any atom is 0.256 e. The van der Waals surface area contributed by atoms with Gasteiger partial charge < -0.3 is 9.30 Å². The second-order valence-corrected chi connectivity index (χ2v) is 19.0. The van der Waals surface area contributed by atoms with Crippen molar-refractivity contribution >= 4 is 44.9 Å². The Labute approximate surface area is 432 Å². The van der Waals surface area contributed by atoms with Crippen molar-refractivity contribution in [3.63, 3.8) is 0 Å². The zero-order valence-corrected chi connectivity index (χ0v) is 40.2. The molecule has 0 aliphatic carbocycles. The summed E-state index contributed by atoms with van der Waals surface area (Å²) in [5, 5.41) is 2.08. The van der Waals surface area contributed by atoms with Gasteiger partial charge in [-0.25, -0.2) is 29.9 Å². The number of fused-ring (bicyclic) bond motifs is 7. The maximum atomic E-state index is 7.12. The van der Waals surface area contributed by atoms with Crippen molar-refractivity contribution in [1.82, 2.24) is 34.5 Å². The Kier molecular flexibility index (Phi) is 9.81. The number of hydrogen-bond acceptors (Lipinski definition) is 7. The summed E-state index contributed by atoms with van der Waals surface area (Å²) in [6.45, 7) is -0.222. The molecule has 348 valence electrons. The molecule has 0 atom stereocenters. The smallest absolute Gasteiger partial charge is 0.256 e. The number of benzene rings is 10. The zero-order valence-electron chi connectivity index (χ0n) is 40.2. The van der Waals surface area contributed by atoms with Crippen molar-refractivity contribution in [2.75, 3.05) is 0 Å². The predicted octanol–water partition coefficient (Wildman–Crippen LogP) is 13.4. The molecule has 75 heavy (non-hydrogen) atoms. The highest BCUT2D eigenvalue weighted by atomic mass is 16.5. The van der Waals surface area contributed by atoms with Crippen LogP contribution < -0.4 is 21.1 Å². The van der Waals surface area contributed by atoms with Crippen molar-refractivity contribution in [2.45, 2.75) is 0 Å². The first-order valence-corrected chi connectivity index (χ1v) is 25.1. The molecule has 2 aliphatic heterocycles. The monoisotopic (exact) mass is 957 g/mol. The minimum absolute atomic E-state index is 0.222. The van der Waals surface area contributed by atoms with Crippen LogP contribution in [0.4, 0.5) is 0 Å². The van der Waals surface area contributed by atoms with Gasteiger partial charge in [0.25, 0.3) is 6.71 Å². The van der Waals surface area contributed by atoms with E-state index in [0.29, 0.717) is 34.9 Å². The molecular weight excluding hydrogens is 918 g/mol. The number of rotatable bonds is 8. The zero-order chi connectivity index (χ0) is 49.4. The predicted molar refractivity (Wildman–Crippen MR) is 302 cm³/mol. The van der Waals surface area contributed by atoms with Gasteiger partial charge in [-0.05, 0) is 81.1 Å². The van der Waals surface area contributed by atoms with Crippen molar-refractivity contribution in [3.05, 3.63) is 243 Å². The van der Waals surface area contributed by atoms with Crippen molar-refractivity contribution in [3.8, 4) is 108 Å². The van der Waals surface area contributed by atoms with Crippen LogP contribution in [-0.2, 0) is 0 Å². The van der Waals surface area contributed by atoms with Crippen LogP contribution in [0.2, 0.25) is 0 Å². The SMILES string of the molecule is c1ccc(-c2ccc3c(c2)B2c4c(cc(-c5ccccc5)cc4-n4c5ccc(-c6nc(-c7ccccc7)nc(-c7ccccc7)n6)cc5c5cc(-c6nc(-c7ccccc7)nc(-c7ccccc7)n6)cc2c54)O3)cc1. The van der Waals surface area contributed by atoms with Crippen LogP contribution in [0, 0.1) is 0 Å². The first kappa shape index (κ1) is 42.6. The number of ether oxygens (including phenoxy) is 1. The molecule has 10 aromatic carbocycles. The molecule has 0 amide bonds. The molecule has 0 fully saturated rings. The van der Waals surface area contributed by atoms with Crippen LogP contribution in [0.1, 0.15) is 0 Å². The molecule has 0 spiro atoms. The van der Waals surface area contributed by atoms with Crippen LogP contribution in [0.15, 0.2) is 243 Å². The van der Waals surface area contributed by atoms with Gasteiger partial charge in [0.2, 0.25) is 0 Å². The second-order valence-electron chi connectivity index (χ2n) is 19.0.